The fourth-order valence-corrected chi connectivity index (χ4v) is 14.7. The van der Waals surface area contributed by atoms with Crippen molar-refractivity contribution in [2.75, 3.05) is 0 Å². The zero-order valence-electron chi connectivity index (χ0n) is 39.8. The fraction of sp³-hybridized carbons (Fsp3) is 0. The number of hydrogen-bond acceptors (Lipinski definition) is 0. The molecule has 15 aromatic rings. The van der Waals surface area contributed by atoms with Gasteiger partial charge in [0.2, 0.25) is 0 Å². The molecule has 1 heterocycles. The molecule has 0 unspecified atom stereocenters. The largest absolute Gasteiger partial charge is 0.0610 e. The third-order valence-corrected chi connectivity index (χ3v) is 18.0. The van der Waals surface area contributed by atoms with Crippen LogP contribution in [0.15, 0.2) is 267 Å². The minimum atomic E-state index is 0.115. The molecule has 0 nitrogen and oxygen atoms in total. The van der Waals surface area contributed by atoms with Crippen molar-refractivity contribution in [3.8, 4) is 66.8 Å². The fourth-order valence-electron chi connectivity index (χ4n) is 12.2. The van der Waals surface area contributed by atoms with Gasteiger partial charge in [0.1, 0.15) is 0 Å². The SMILES string of the molecule is c1ccc2c(-c3ccc(-c4c5ccccc5c(-c5ccc6[se]c7c(-c8c9ccccc9c(-c9ccc(-c%10cccc%11ccccc%10%11)cc9)c9ccccc89)cccc7c6c5)c5ccccc45)cc3)cccc2c1. The summed E-state index contributed by atoms with van der Waals surface area (Å²) in [5.41, 5.74) is 15.2. The van der Waals surface area contributed by atoms with Crippen molar-refractivity contribution < 1.29 is 0 Å². The maximum Gasteiger partial charge on any atom is -0.0178 e. The molecule has 0 bridgehead atoms. The van der Waals surface area contributed by atoms with E-state index in [4.69, 9.17) is 0 Å². The third kappa shape index (κ3) is 6.67. The molecule has 0 spiro atoms. The van der Waals surface area contributed by atoms with E-state index in [0.29, 0.717) is 0 Å². The summed E-state index contributed by atoms with van der Waals surface area (Å²) in [6, 6.07) is 99.7. The topological polar surface area (TPSA) is 0 Å². The Morgan fingerprint density at radius 3 is 0.959 bits per heavy atom. The molecule has 1 heteroatoms. The summed E-state index contributed by atoms with van der Waals surface area (Å²) < 4.78 is 2.90. The summed E-state index contributed by atoms with van der Waals surface area (Å²) in [4.78, 5) is 0. The molecule has 0 fully saturated rings. The monoisotopic (exact) mass is 988 g/mol. The van der Waals surface area contributed by atoms with Crippen LogP contribution >= 0.6 is 0 Å². The molecule has 14 aromatic carbocycles. The summed E-state index contributed by atoms with van der Waals surface area (Å²) in [5, 5.41) is 18.0. The Morgan fingerprint density at radius 2 is 0.507 bits per heavy atom. The van der Waals surface area contributed by atoms with Crippen molar-refractivity contribution >= 4 is 98.4 Å². The van der Waals surface area contributed by atoms with Crippen LogP contribution < -0.4 is 0 Å². The first kappa shape index (κ1) is 41.9. The summed E-state index contributed by atoms with van der Waals surface area (Å²) in [7, 11) is 0. The van der Waals surface area contributed by atoms with E-state index in [0.717, 1.165) is 0 Å². The first-order valence-corrected chi connectivity index (χ1v) is 26.9. The van der Waals surface area contributed by atoms with Crippen LogP contribution in [0.4, 0.5) is 0 Å². The van der Waals surface area contributed by atoms with E-state index in [9.17, 15) is 0 Å². The zero-order chi connectivity index (χ0) is 48.0. The molecule has 338 valence electrons. The number of fused-ring (bicyclic) bond motifs is 9. The normalized spacial score (nSPS) is 11.8. The van der Waals surface area contributed by atoms with Gasteiger partial charge < -0.3 is 0 Å². The minimum absolute atomic E-state index is 0.115. The molecule has 0 N–H and O–H groups in total. The average Bonchev–Trinajstić information content (AvgIpc) is 3.84. The van der Waals surface area contributed by atoms with E-state index in [1.165, 1.54) is 151 Å². The number of rotatable bonds is 6. The Labute approximate surface area is 429 Å². The van der Waals surface area contributed by atoms with E-state index in [1.54, 1.807) is 0 Å². The first-order chi connectivity index (χ1) is 36.2. The third-order valence-electron chi connectivity index (χ3n) is 15.5. The summed E-state index contributed by atoms with van der Waals surface area (Å²) in [5.74, 6) is 0. The van der Waals surface area contributed by atoms with Gasteiger partial charge in [0.05, 0.1) is 0 Å². The molecule has 0 atom stereocenters. The predicted molar refractivity (Wildman–Crippen MR) is 316 cm³/mol. The van der Waals surface area contributed by atoms with Gasteiger partial charge >= 0.3 is 332 Å². The van der Waals surface area contributed by atoms with Crippen LogP contribution in [0.3, 0.4) is 0 Å². The molecule has 0 amide bonds. The summed E-state index contributed by atoms with van der Waals surface area (Å²) >= 11 is 0.115. The van der Waals surface area contributed by atoms with Gasteiger partial charge in [-0.05, 0) is 21.7 Å². The standard InChI is InChI=1S/C72H44Se/c1-3-20-52-45(16-1)18-13-30-54(52)47-34-38-49(39-35-47)68-56-22-5-7-24-58(56)70(59-25-8-6-23-57(59)68)51-42-43-67-66(44-51)64-32-15-33-65(72(64)73-67)71-62-28-11-9-26-60(62)69(61-27-10-12-29-63(61)71)50-40-36-48(37-41-50)55-31-14-19-46-17-2-4-21-53(46)55/h1-44H. The van der Waals surface area contributed by atoms with Gasteiger partial charge in [0.15, 0.2) is 0 Å². The van der Waals surface area contributed by atoms with Gasteiger partial charge in [0, 0.05) is 0 Å². The van der Waals surface area contributed by atoms with Gasteiger partial charge in [-0.1, -0.05) is 78.9 Å². The van der Waals surface area contributed by atoms with Crippen LogP contribution in [-0.2, 0) is 0 Å². The quantitative estimate of drug-likeness (QED) is 0.115. The Bertz CT molecular complexity index is 4580. The van der Waals surface area contributed by atoms with Crippen molar-refractivity contribution in [2.45, 2.75) is 0 Å². The number of benzene rings is 14. The molecule has 0 aliphatic heterocycles. The smallest absolute Gasteiger partial charge is 0.0178 e. The molecule has 73 heavy (non-hydrogen) atoms. The van der Waals surface area contributed by atoms with Gasteiger partial charge in [-0.15, -0.1) is 0 Å². The van der Waals surface area contributed by atoms with E-state index in [-0.39, 0.29) is 14.5 Å². The summed E-state index contributed by atoms with van der Waals surface area (Å²) in [6.45, 7) is 0. The van der Waals surface area contributed by atoms with Crippen molar-refractivity contribution in [2.24, 2.45) is 0 Å². The van der Waals surface area contributed by atoms with Crippen LogP contribution in [0.5, 0.6) is 0 Å². The maximum absolute atomic E-state index is 2.50. The zero-order valence-corrected chi connectivity index (χ0v) is 41.5. The summed E-state index contributed by atoms with van der Waals surface area (Å²) in [6.07, 6.45) is 0. The molecular weight excluding hydrogens is 944 g/mol. The van der Waals surface area contributed by atoms with E-state index in [2.05, 4.69) is 267 Å². The van der Waals surface area contributed by atoms with Crippen molar-refractivity contribution in [1.29, 1.82) is 0 Å². The second-order valence-corrected chi connectivity index (χ2v) is 21.6. The Morgan fingerprint density at radius 1 is 0.192 bits per heavy atom. The van der Waals surface area contributed by atoms with Crippen LogP contribution in [0.1, 0.15) is 0 Å². The molecule has 0 aliphatic rings. The Hall–Kier alpha value is -8.84. The first-order valence-electron chi connectivity index (χ1n) is 25.2. The number of hydrogen-bond donors (Lipinski definition) is 0. The van der Waals surface area contributed by atoms with E-state index < -0.39 is 0 Å². The Kier molecular flexibility index (Phi) is 9.70. The van der Waals surface area contributed by atoms with Crippen molar-refractivity contribution in [3.05, 3.63) is 267 Å². The van der Waals surface area contributed by atoms with E-state index in [1.807, 2.05) is 0 Å². The van der Waals surface area contributed by atoms with Gasteiger partial charge in [-0.3, -0.25) is 0 Å². The maximum atomic E-state index is 2.50. The van der Waals surface area contributed by atoms with Crippen LogP contribution in [0.25, 0.3) is 151 Å². The molecule has 0 aliphatic carbocycles. The molecular formula is C72H44Se. The predicted octanol–water partition coefficient (Wildman–Crippen LogP) is 20.0. The van der Waals surface area contributed by atoms with Gasteiger partial charge in [0.25, 0.3) is 0 Å². The van der Waals surface area contributed by atoms with Gasteiger partial charge in [-0.2, -0.15) is 0 Å². The van der Waals surface area contributed by atoms with E-state index >= 15 is 0 Å². The van der Waals surface area contributed by atoms with Gasteiger partial charge in [-0.25, -0.2) is 0 Å². The molecule has 1 aromatic heterocycles. The molecule has 0 saturated heterocycles. The van der Waals surface area contributed by atoms with Crippen LogP contribution in [0.2, 0.25) is 0 Å². The second-order valence-electron chi connectivity index (χ2n) is 19.4. The molecule has 0 saturated carbocycles. The van der Waals surface area contributed by atoms with Crippen molar-refractivity contribution in [3.63, 3.8) is 0 Å². The van der Waals surface area contributed by atoms with Crippen molar-refractivity contribution in [1.82, 2.24) is 0 Å². The molecule has 15 rings (SSSR count). The van der Waals surface area contributed by atoms with Crippen LogP contribution in [-0.4, -0.2) is 14.5 Å². The molecule has 0 radical (unpaired) electrons. The average molecular weight is 988 g/mol. The Balaban J connectivity index is 0.871. The second kappa shape index (κ2) is 16.9. The minimum Gasteiger partial charge on any atom is -0.0610 e. The van der Waals surface area contributed by atoms with Crippen LogP contribution in [0, 0.1) is 0 Å².